The SMILES string of the molecule is CC(C)C(NC(=O)c1ccc(Cl)cc1)C(=O)N1CCCN(CC(F)(F)F)CC1. The summed E-state index contributed by atoms with van der Waals surface area (Å²) in [5.41, 5.74) is 0.384. The number of nitrogens with one attached hydrogen (secondary N) is 1. The fourth-order valence-electron chi connectivity index (χ4n) is 3.14. The van der Waals surface area contributed by atoms with E-state index < -0.39 is 24.7 Å². The van der Waals surface area contributed by atoms with Gasteiger partial charge in [-0.05, 0) is 36.6 Å². The van der Waals surface area contributed by atoms with Crippen LogP contribution >= 0.6 is 11.6 Å². The minimum Gasteiger partial charge on any atom is -0.340 e. The molecule has 1 aliphatic heterocycles. The van der Waals surface area contributed by atoms with Crippen molar-refractivity contribution < 1.29 is 22.8 Å². The van der Waals surface area contributed by atoms with E-state index in [0.717, 1.165) is 0 Å². The average Bonchev–Trinajstić information content (AvgIpc) is 2.83. The maximum atomic E-state index is 13.0. The normalized spacial score (nSPS) is 17.3. The molecular formula is C19H25ClF3N3O2. The maximum Gasteiger partial charge on any atom is 0.401 e. The molecule has 0 bridgehead atoms. The Balaban J connectivity index is 2.02. The third-order valence-corrected chi connectivity index (χ3v) is 4.88. The van der Waals surface area contributed by atoms with Crippen LogP contribution in [0.1, 0.15) is 30.6 Å². The van der Waals surface area contributed by atoms with E-state index in [1.165, 1.54) is 4.90 Å². The fraction of sp³-hybridized carbons (Fsp3) is 0.579. The van der Waals surface area contributed by atoms with Crippen LogP contribution in [0.25, 0.3) is 0 Å². The molecule has 156 valence electrons. The highest BCUT2D eigenvalue weighted by Gasteiger charge is 2.34. The minimum absolute atomic E-state index is 0.154. The molecule has 1 heterocycles. The van der Waals surface area contributed by atoms with Gasteiger partial charge in [0.1, 0.15) is 6.04 Å². The highest BCUT2D eigenvalue weighted by atomic mass is 35.5. The zero-order chi connectivity index (χ0) is 20.9. The van der Waals surface area contributed by atoms with E-state index in [-0.39, 0.29) is 31.5 Å². The Bertz CT molecular complexity index is 680. The van der Waals surface area contributed by atoms with Crippen LogP contribution in [0.2, 0.25) is 5.02 Å². The van der Waals surface area contributed by atoms with Crippen LogP contribution < -0.4 is 5.32 Å². The lowest BCUT2D eigenvalue weighted by atomic mass is 10.0. The number of alkyl halides is 3. The average molecular weight is 420 g/mol. The molecular weight excluding hydrogens is 395 g/mol. The molecule has 0 saturated carbocycles. The molecule has 28 heavy (non-hydrogen) atoms. The second-order valence-electron chi connectivity index (χ2n) is 7.27. The molecule has 1 N–H and O–H groups in total. The van der Waals surface area contributed by atoms with Crippen LogP contribution in [-0.4, -0.2) is 66.6 Å². The van der Waals surface area contributed by atoms with Crippen LogP contribution in [0.15, 0.2) is 24.3 Å². The van der Waals surface area contributed by atoms with Gasteiger partial charge in [0.05, 0.1) is 6.54 Å². The lowest BCUT2D eigenvalue weighted by Gasteiger charge is -2.29. The van der Waals surface area contributed by atoms with Crippen LogP contribution in [0.3, 0.4) is 0 Å². The minimum atomic E-state index is -4.26. The van der Waals surface area contributed by atoms with Gasteiger partial charge in [-0.1, -0.05) is 25.4 Å². The lowest BCUT2D eigenvalue weighted by molar-refractivity contribution is -0.145. The number of rotatable bonds is 5. The highest BCUT2D eigenvalue weighted by molar-refractivity contribution is 6.30. The Labute approximate surface area is 167 Å². The maximum absolute atomic E-state index is 13.0. The molecule has 1 aromatic rings. The monoisotopic (exact) mass is 419 g/mol. The summed E-state index contributed by atoms with van der Waals surface area (Å²) in [4.78, 5) is 28.3. The number of hydrogen-bond donors (Lipinski definition) is 1. The lowest BCUT2D eigenvalue weighted by Crippen LogP contribution is -2.52. The molecule has 1 atom stereocenters. The molecule has 1 aromatic carbocycles. The van der Waals surface area contributed by atoms with Gasteiger partial charge in [0.2, 0.25) is 5.91 Å². The van der Waals surface area contributed by atoms with Crippen molar-refractivity contribution in [1.82, 2.24) is 15.1 Å². The highest BCUT2D eigenvalue weighted by Crippen LogP contribution is 2.18. The quantitative estimate of drug-likeness (QED) is 0.797. The standard InChI is InChI=1S/C19H25ClF3N3O2/c1-13(2)16(24-17(27)14-4-6-15(20)7-5-14)18(28)26-9-3-8-25(10-11-26)12-19(21,22)23/h4-7,13,16H,3,8-12H2,1-2H3,(H,24,27). The predicted octanol–water partition coefficient (Wildman–Crippen LogP) is 3.19. The van der Waals surface area contributed by atoms with E-state index >= 15 is 0 Å². The van der Waals surface area contributed by atoms with Gasteiger partial charge in [-0.15, -0.1) is 0 Å². The molecule has 0 aromatic heterocycles. The van der Waals surface area contributed by atoms with Crippen molar-refractivity contribution in [3.05, 3.63) is 34.9 Å². The van der Waals surface area contributed by atoms with E-state index in [1.54, 1.807) is 29.2 Å². The van der Waals surface area contributed by atoms with Crippen molar-refractivity contribution in [3.8, 4) is 0 Å². The van der Waals surface area contributed by atoms with Gasteiger partial charge in [0, 0.05) is 36.8 Å². The molecule has 1 aliphatic rings. The zero-order valence-electron chi connectivity index (χ0n) is 15.9. The molecule has 2 rings (SSSR count). The molecule has 0 aliphatic carbocycles. The largest absolute Gasteiger partial charge is 0.401 e. The summed E-state index contributed by atoms with van der Waals surface area (Å²) >= 11 is 5.82. The van der Waals surface area contributed by atoms with Crippen molar-refractivity contribution in [2.75, 3.05) is 32.7 Å². The number of halogens is 4. The van der Waals surface area contributed by atoms with Gasteiger partial charge in [-0.2, -0.15) is 13.2 Å². The molecule has 0 radical (unpaired) electrons. The van der Waals surface area contributed by atoms with Crippen molar-refractivity contribution in [1.29, 1.82) is 0 Å². The summed E-state index contributed by atoms with van der Waals surface area (Å²) in [6.45, 7) is 3.67. The third kappa shape index (κ3) is 6.67. The molecule has 9 heteroatoms. The Morgan fingerprint density at radius 1 is 1.11 bits per heavy atom. The first-order valence-electron chi connectivity index (χ1n) is 9.21. The molecule has 5 nitrogen and oxygen atoms in total. The summed E-state index contributed by atoms with van der Waals surface area (Å²) in [6.07, 6.45) is -3.80. The molecule has 0 spiro atoms. The van der Waals surface area contributed by atoms with Crippen molar-refractivity contribution in [2.24, 2.45) is 5.92 Å². The number of amides is 2. The number of nitrogens with zero attached hydrogens (tertiary/aromatic N) is 2. The van der Waals surface area contributed by atoms with Crippen LogP contribution in [-0.2, 0) is 4.79 Å². The van der Waals surface area contributed by atoms with E-state index in [2.05, 4.69) is 5.32 Å². The first-order valence-corrected chi connectivity index (χ1v) is 9.59. The summed E-state index contributed by atoms with van der Waals surface area (Å²) in [5, 5.41) is 3.25. The van der Waals surface area contributed by atoms with E-state index in [1.807, 2.05) is 13.8 Å². The van der Waals surface area contributed by atoms with Gasteiger partial charge in [-0.25, -0.2) is 0 Å². The summed E-state index contributed by atoms with van der Waals surface area (Å²) < 4.78 is 37.8. The fourth-order valence-corrected chi connectivity index (χ4v) is 3.27. The van der Waals surface area contributed by atoms with Crippen LogP contribution in [0.4, 0.5) is 13.2 Å². The van der Waals surface area contributed by atoms with Crippen LogP contribution in [0.5, 0.6) is 0 Å². The first kappa shape index (κ1) is 22.5. The predicted molar refractivity (Wildman–Crippen MR) is 101 cm³/mol. The number of benzene rings is 1. The van der Waals surface area contributed by atoms with E-state index in [4.69, 9.17) is 11.6 Å². The van der Waals surface area contributed by atoms with Crippen molar-refractivity contribution in [3.63, 3.8) is 0 Å². The van der Waals surface area contributed by atoms with E-state index in [9.17, 15) is 22.8 Å². The second-order valence-corrected chi connectivity index (χ2v) is 7.71. The van der Waals surface area contributed by atoms with Crippen molar-refractivity contribution in [2.45, 2.75) is 32.5 Å². The van der Waals surface area contributed by atoms with Gasteiger partial charge < -0.3 is 10.2 Å². The van der Waals surface area contributed by atoms with Crippen LogP contribution in [0, 0.1) is 5.92 Å². The van der Waals surface area contributed by atoms with Gasteiger partial charge in [-0.3, -0.25) is 14.5 Å². The molecule has 1 saturated heterocycles. The summed E-state index contributed by atoms with van der Waals surface area (Å²) in [7, 11) is 0. The topological polar surface area (TPSA) is 52.7 Å². The smallest absolute Gasteiger partial charge is 0.340 e. The first-order chi connectivity index (χ1) is 13.1. The Kier molecular flexibility index (Phi) is 7.71. The molecule has 1 fully saturated rings. The van der Waals surface area contributed by atoms with Gasteiger partial charge in [0.15, 0.2) is 0 Å². The molecule has 2 amide bonds. The number of carbonyl (C=O) groups is 2. The number of hydrogen-bond acceptors (Lipinski definition) is 3. The van der Waals surface area contributed by atoms with Gasteiger partial charge >= 0.3 is 6.18 Å². The zero-order valence-corrected chi connectivity index (χ0v) is 16.7. The number of carbonyl (C=O) groups excluding carboxylic acids is 2. The summed E-state index contributed by atoms with van der Waals surface area (Å²) in [6, 6.07) is 5.57. The van der Waals surface area contributed by atoms with Crippen molar-refractivity contribution >= 4 is 23.4 Å². The third-order valence-electron chi connectivity index (χ3n) is 4.63. The second kappa shape index (κ2) is 9.60. The van der Waals surface area contributed by atoms with E-state index in [0.29, 0.717) is 23.6 Å². The van der Waals surface area contributed by atoms with Gasteiger partial charge in [0.25, 0.3) is 5.91 Å². The Morgan fingerprint density at radius 3 is 2.32 bits per heavy atom. The Morgan fingerprint density at radius 2 is 1.75 bits per heavy atom. The summed E-state index contributed by atoms with van der Waals surface area (Å²) in [5.74, 6) is -0.832. The molecule has 1 unspecified atom stereocenters. The Hall–Kier alpha value is -1.80.